The van der Waals surface area contributed by atoms with Gasteiger partial charge >= 0.3 is 0 Å². The second kappa shape index (κ2) is 5.28. The number of aromatic nitrogens is 2. The van der Waals surface area contributed by atoms with Crippen LogP contribution in [-0.4, -0.2) is 22.2 Å². The molecule has 21 heavy (non-hydrogen) atoms. The summed E-state index contributed by atoms with van der Waals surface area (Å²) in [5, 5.41) is 13.9. The van der Waals surface area contributed by atoms with Gasteiger partial charge in [0.1, 0.15) is 12.1 Å². The minimum absolute atomic E-state index is 0.0604. The number of hydrogen-bond acceptors (Lipinski definition) is 5. The molecule has 0 aliphatic rings. The Kier molecular flexibility index (Phi) is 3.31. The molecule has 0 aliphatic carbocycles. The van der Waals surface area contributed by atoms with E-state index in [9.17, 15) is 5.11 Å². The Labute approximate surface area is 122 Å². The number of phenolic OH excluding ortho intramolecular Hbond substituents is 1. The van der Waals surface area contributed by atoms with Gasteiger partial charge in [-0.2, -0.15) is 0 Å². The zero-order valence-corrected chi connectivity index (χ0v) is 11.8. The first-order valence-electron chi connectivity index (χ1n) is 6.53. The molecule has 2 N–H and O–H groups in total. The van der Waals surface area contributed by atoms with Gasteiger partial charge in [0.2, 0.25) is 0 Å². The van der Waals surface area contributed by atoms with Crippen LogP contribution in [0.5, 0.6) is 11.5 Å². The van der Waals surface area contributed by atoms with E-state index in [1.165, 1.54) is 13.4 Å². The van der Waals surface area contributed by atoms with Crippen molar-refractivity contribution in [3.8, 4) is 11.5 Å². The van der Waals surface area contributed by atoms with Gasteiger partial charge in [0.25, 0.3) is 0 Å². The van der Waals surface area contributed by atoms with Gasteiger partial charge in [0, 0.05) is 17.1 Å². The van der Waals surface area contributed by atoms with E-state index in [4.69, 9.17) is 4.74 Å². The molecule has 5 nitrogen and oxygen atoms in total. The lowest BCUT2D eigenvalue weighted by Gasteiger charge is -2.10. The fraction of sp³-hybridized carbons (Fsp3) is 0.125. The first-order valence-corrected chi connectivity index (χ1v) is 6.53. The van der Waals surface area contributed by atoms with E-state index in [1.54, 1.807) is 12.1 Å². The van der Waals surface area contributed by atoms with Gasteiger partial charge in [-0.3, -0.25) is 0 Å². The standard InChI is InChI=1S/C16H15N3O2/c1-10-4-3-5-11(6-10)19-16-12-7-15(21-2)14(20)8-13(12)17-9-18-16/h3-9,20H,1-2H3,(H,17,18,19). The molecular formula is C16H15N3O2. The lowest BCUT2D eigenvalue weighted by molar-refractivity contribution is 0.374. The van der Waals surface area contributed by atoms with E-state index in [2.05, 4.69) is 15.3 Å². The summed E-state index contributed by atoms with van der Waals surface area (Å²) in [6.07, 6.45) is 1.46. The van der Waals surface area contributed by atoms with Crippen LogP contribution in [0.2, 0.25) is 0 Å². The average Bonchev–Trinajstić information content (AvgIpc) is 2.47. The molecule has 3 aromatic rings. The third-order valence-electron chi connectivity index (χ3n) is 3.22. The summed E-state index contributed by atoms with van der Waals surface area (Å²) < 4.78 is 5.14. The van der Waals surface area contributed by atoms with Gasteiger partial charge in [0.05, 0.1) is 12.6 Å². The molecule has 5 heteroatoms. The number of hydrogen-bond donors (Lipinski definition) is 2. The zero-order chi connectivity index (χ0) is 14.8. The highest BCUT2D eigenvalue weighted by molar-refractivity contribution is 5.92. The molecule has 1 aromatic heterocycles. The minimum atomic E-state index is 0.0604. The van der Waals surface area contributed by atoms with Crippen LogP contribution in [0.3, 0.4) is 0 Å². The number of anilines is 2. The Bertz CT molecular complexity index is 803. The molecular weight excluding hydrogens is 266 g/mol. The quantitative estimate of drug-likeness (QED) is 0.770. The maximum atomic E-state index is 9.82. The molecule has 2 aromatic carbocycles. The molecule has 0 spiro atoms. The van der Waals surface area contributed by atoms with Gasteiger partial charge in [-0.1, -0.05) is 12.1 Å². The summed E-state index contributed by atoms with van der Waals surface area (Å²) in [7, 11) is 1.51. The molecule has 0 amide bonds. The number of ether oxygens (including phenoxy) is 1. The molecule has 0 aliphatic heterocycles. The van der Waals surface area contributed by atoms with Crippen molar-refractivity contribution in [2.24, 2.45) is 0 Å². The lowest BCUT2D eigenvalue weighted by atomic mass is 10.2. The number of benzene rings is 2. The van der Waals surface area contributed by atoms with Crippen LogP contribution in [0.15, 0.2) is 42.7 Å². The van der Waals surface area contributed by atoms with Crippen LogP contribution in [0.1, 0.15) is 5.56 Å². The Morgan fingerprint density at radius 1 is 1.14 bits per heavy atom. The number of phenols is 1. The first kappa shape index (κ1) is 13.2. The van der Waals surface area contributed by atoms with Crippen molar-refractivity contribution in [2.45, 2.75) is 6.92 Å². The summed E-state index contributed by atoms with van der Waals surface area (Å²) >= 11 is 0. The van der Waals surface area contributed by atoms with Crippen LogP contribution in [-0.2, 0) is 0 Å². The second-order valence-electron chi connectivity index (χ2n) is 4.76. The smallest absolute Gasteiger partial charge is 0.161 e. The van der Waals surface area contributed by atoms with Gasteiger partial charge in [-0.25, -0.2) is 9.97 Å². The van der Waals surface area contributed by atoms with Crippen molar-refractivity contribution in [3.63, 3.8) is 0 Å². The van der Waals surface area contributed by atoms with Gasteiger partial charge < -0.3 is 15.2 Å². The zero-order valence-electron chi connectivity index (χ0n) is 11.8. The van der Waals surface area contributed by atoms with E-state index < -0.39 is 0 Å². The number of rotatable bonds is 3. The number of fused-ring (bicyclic) bond motifs is 1. The Morgan fingerprint density at radius 3 is 2.76 bits per heavy atom. The SMILES string of the molecule is COc1cc2c(Nc3cccc(C)c3)ncnc2cc1O. The van der Waals surface area contributed by atoms with E-state index >= 15 is 0 Å². The number of aryl methyl sites for hydroxylation is 1. The molecule has 0 fully saturated rings. The highest BCUT2D eigenvalue weighted by Crippen LogP contribution is 2.33. The Balaban J connectivity index is 2.09. The van der Waals surface area contributed by atoms with Crippen molar-refractivity contribution in [3.05, 3.63) is 48.3 Å². The Hall–Kier alpha value is -2.82. The maximum absolute atomic E-state index is 9.82. The predicted molar refractivity (Wildman–Crippen MR) is 82.2 cm³/mol. The number of methoxy groups -OCH3 is 1. The van der Waals surface area contributed by atoms with Crippen molar-refractivity contribution >= 4 is 22.4 Å². The summed E-state index contributed by atoms with van der Waals surface area (Å²) in [5.74, 6) is 1.12. The van der Waals surface area contributed by atoms with E-state index in [-0.39, 0.29) is 5.75 Å². The fourth-order valence-electron chi connectivity index (χ4n) is 2.19. The number of aromatic hydroxyl groups is 1. The number of nitrogens with zero attached hydrogens (tertiary/aromatic N) is 2. The lowest BCUT2D eigenvalue weighted by Crippen LogP contribution is -1.97. The average molecular weight is 281 g/mol. The maximum Gasteiger partial charge on any atom is 0.161 e. The molecule has 1 heterocycles. The summed E-state index contributed by atoms with van der Waals surface area (Å²) in [5.41, 5.74) is 2.76. The molecule has 0 radical (unpaired) electrons. The summed E-state index contributed by atoms with van der Waals surface area (Å²) in [6.45, 7) is 2.03. The van der Waals surface area contributed by atoms with Crippen molar-refractivity contribution in [1.29, 1.82) is 0 Å². The predicted octanol–water partition coefficient (Wildman–Crippen LogP) is 3.40. The topological polar surface area (TPSA) is 67.3 Å². The molecule has 0 saturated heterocycles. The van der Waals surface area contributed by atoms with Crippen LogP contribution in [0.25, 0.3) is 10.9 Å². The van der Waals surface area contributed by atoms with Crippen LogP contribution < -0.4 is 10.1 Å². The summed E-state index contributed by atoms with van der Waals surface area (Å²) in [4.78, 5) is 8.45. The van der Waals surface area contributed by atoms with E-state index in [1.807, 2.05) is 31.2 Å². The van der Waals surface area contributed by atoms with Crippen molar-refractivity contribution < 1.29 is 9.84 Å². The fourth-order valence-corrected chi connectivity index (χ4v) is 2.19. The molecule has 0 unspecified atom stereocenters. The summed E-state index contributed by atoms with van der Waals surface area (Å²) in [6, 6.07) is 11.3. The largest absolute Gasteiger partial charge is 0.504 e. The molecule has 0 saturated carbocycles. The van der Waals surface area contributed by atoms with Gasteiger partial charge in [-0.15, -0.1) is 0 Å². The van der Waals surface area contributed by atoms with Crippen LogP contribution >= 0.6 is 0 Å². The first-order chi connectivity index (χ1) is 10.2. The van der Waals surface area contributed by atoms with E-state index in [0.29, 0.717) is 17.1 Å². The van der Waals surface area contributed by atoms with Gasteiger partial charge in [0.15, 0.2) is 11.5 Å². The Morgan fingerprint density at radius 2 is 2.00 bits per heavy atom. The minimum Gasteiger partial charge on any atom is -0.504 e. The molecule has 106 valence electrons. The van der Waals surface area contributed by atoms with Gasteiger partial charge in [-0.05, 0) is 30.7 Å². The van der Waals surface area contributed by atoms with Crippen molar-refractivity contribution in [2.75, 3.05) is 12.4 Å². The highest BCUT2D eigenvalue weighted by atomic mass is 16.5. The van der Waals surface area contributed by atoms with E-state index in [0.717, 1.165) is 16.6 Å². The number of nitrogens with one attached hydrogen (secondary N) is 1. The second-order valence-corrected chi connectivity index (χ2v) is 4.76. The monoisotopic (exact) mass is 281 g/mol. The molecule has 0 atom stereocenters. The van der Waals surface area contributed by atoms with Crippen LogP contribution in [0, 0.1) is 6.92 Å². The molecule has 3 rings (SSSR count). The highest BCUT2D eigenvalue weighted by Gasteiger charge is 2.09. The normalized spacial score (nSPS) is 10.6. The molecule has 0 bridgehead atoms. The third kappa shape index (κ3) is 2.58. The third-order valence-corrected chi connectivity index (χ3v) is 3.22. The van der Waals surface area contributed by atoms with Crippen molar-refractivity contribution in [1.82, 2.24) is 9.97 Å². The van der Waals surface area contributed by atoms with Crippen LogP contribution in [0.4, 0.5) is 11.5 Å².